The maximum absolute atomic E-state index is 10.9. The molecular weight excluding hydrogens is 184 g/mol. The summed E-state index contributed by atoms with van der Waals surface area (Å²) in [5.74, 6) is 5.74. The number of carbonyl (C=O) groups excluding carboxylic acids is 1. The normalized spacial score (nSPS) is 9.08. The van der Waals surface area contributed by atoms with Crippen molar-refractivity contribution in [3.8, 4) is 11.8 Å². The first-order valence-electron chi connectivity index (χ1n) is 3.93. The van der Waals surface area contributed by atoms with Crippen LogP contribution in [0.5, 0.6) is 0 Å². The second kappa shape index (κ2) is 4.80. The summed E-state index contributed by atoms with van der Waals surface area (Å²) >= 11 is 1.40. The molecule has 0 saturated carbocycles. The van der Waals surface area contributed by atoms with Gasteiger partial charge < -0.3 is 5.11 Å². The molecule has 1 heterocycles. The minimum Gasteiger partial charge on any atom is -0.395 e. The lowest BCUT2D eigenvalue weighted by Gasteiger charge is -1.81. The molecule has 1 aromatic heterocycles. The summed E-state index contributed by atoms with van der Waals surface area (Å²) < 4.78 is 0. The molecule has 1 aromatic rings. The van der Waals surface area contributed by atoms with E-state index in [-0.39, 0.29) is 12.4 Å². The van der Waals surface area contributed by atoms with E-state index in [9.17, 15) is 4.79 Å². The van der Waals surface area contributed by atoms with Crippen LogP contribution in [0.4, 0.5) is 0 Å². The summed E-state index contributed by atoms with van der Waals surface area (Å²) in [4.78, 5) is 11.6. The summed E-state index contributed by atoms with van der Waals surface area (Å²) in [6.07, 6.45) is 0.477. The average Bonchev–Trinajstić information content (AvgIpc) is 2.53. The second-order valence-electron chi connectivity index (χ2n) is 2.53. The number of aliphatic hydroxyl groups excluding tert-OH is 1. The van der Waals surface area contributed by atoms with Crippen molar-refractivity contribution in [3.63, 3.8) is 0 Å². The van der Waals surface area contributed by atoms with Gasteiger partial charge in [0.05, 0.1) is 11.5 Å². The van der Waals surface area contributed by atoms with Crippen molar-refractivity contribution in [2.45, 2.75) is 13.3 Å². The molecule has 0 amide bonds. The van der Waals surface area contributed by atoms with Gasteiger partial charge in [0, 0.05) is 17.4 Å². The van der Waals surface area contributed by atoms with Crippen molar-refractivity contribution in [2.24, 2.45) is 0 Å². The monoisotopic (exact) mass is 194 g/mol. The lowest BCUT2D eigenvalue weighted by Crippen LogP contribution is -1.84. The molecule has 1 N–H and O–H groups in total. The molecule has 0 unspecified atom stereocenters. The largest absolute Gasteiger partial charge is 0.395 e. The van der Waals surface area contributed by atoms with Gasteiger partial charge in [0.15, 0.2) is 5.78 Å². The maximum Gasteiger partial charge on any atom is 0.169 e. The summed E-state index contributed by atoms with van der Waals surface area (Å²) in [6.45, 7) is 1.62. The summed E-state index contributed by atoms with van der Waals surface area (Å²) in [7, 11) is 0. The van der Waals surface area contributed by atoms with Crippen molar-refractivity contribution >= 4 is 17.1 Å². The van der Waals surface area contributed by atoms with Gasteiger partial charge in [-0.15, -0.1) is 11.3 Å². The van der Waals surface area contributed by atoms with Gasteiger partial charge in [-0.3, -0.25) is 4.79 Å². The number of carbonyl (C=O) groups is 1. The van der Waals surface area contributed by atoms with Gasteiger partial charge in [-0.2, -0.15) is 0 Å². The third-order valence-corrected chi connectivity index (χ3v) is 2.45. The summed E-state index contributed by atoms with van der Waals surface area (Å²) in [5, 5.41) is 10.3. The molecule has 0 aliphatic rings. The van der Waals surface area contributed by atoms with E-state index in [1.807, 2.05) is 5.38 Å². The molecule has 0 aromatic carbocycles. The van der Waals surface area contributed by atoms with E-state index in [0.717, 1.165) is 10.4 Å². The molecule has 0 aliphatic carbocycles. The van der Waals surface area contributed by atoms with Gasteiger partial charge in [0.25, 0.3) is 0 Å². The molecule has 13 heavy (non-hydrogen) atoms. The minimum absolute atomic E-state index is 0.0696. The van der Waals surface area contributed by atoms with Crippen LogP contribution >= 0.6 is 11.3 Å². The van der Waals surface area contributed by atoms with Crippen LogP contribution in [-0.2, 0) is 0 Å². The van der Waals surface area contributed by atoms with Gasteiger partial charge >= 0.3 is 0 Å². The third kappa shape index (κ3) is 3.02. The highest BCUT2D eigenvalue weighted by Gasteiger charge is 2.01. The Hall–Kier alpha value is -1.11. The molecule has 0 aliphatic heterocycles. The molecule has 2 nitrogen and oxygen atoms in total. The Kier molecular flexibility index (Phi) is 3.69. The smallest absolute Gasteiger partial charge is 0.169 e. The molecule has 1 rings (SSSR count). The Morgan fingerprint density at radius 1 is 1.69 bits per heavy atom. The van der Waals surface area contributed by atoms with Crippen molar-refractivity contribution in [1.29, 1.82) is 0 Å². The average molecular weight is 194 g/mol. The zero-order valence-corrected chi connectivity index (χ0v) is 8.15. The highest BCUT2D eigenvalue weighted by molar-refractivity contribution is 7.12. The lowest BCUT2D eigenvalue weighted by molar-refractivity contribution is 0.102. The predicted octanol–water partition coefficient (Wildman–Crippen LogP) is 1.68. The summed E-state index contributed by atoms with van der Waals surface area (Å²) in [6, 6.07) is 1.78. The van der Waals surface area contributed by atoms with E-state index in [2.05, 4.69) is 11.8 Å². The van der Waals surface area contributed by atoms with Crippen LogP contribution in [0.15, 0.2) is 11.4 Å². The van der Waals surface area contributed by atoms with Crippen LogP contribution < -0.4 is 0 Å². The van der Waals surface area contributed by atoms with Crippen LogP contribution in [0.25, 0.3) is 0 Å². The fourth-order valence-corrected chi connectivity index (χ4v) is 1.55. The third-order valence-electron chi connectivity index (χ3n) is 1.42. The van der Waals surface area contributed by atoms with Crippen molar-refractivity contribution in [2.75, 3.05) is 6.61 Å². The number of hydrogen-bond donors (Lipinski definition) is 1. The Labute approximate surface area is 81.2 Å². The fraction of sp³-hybridized carbons (Fsp3) is 0.300. The van der Waals surface area contributed by atoms with Crippen LogP contribution in [0, 0.1) is 11.8 Å². The fourth-order valence-electron chi connectivity index (χ4n) is 0.807. The number of ketones is 1. The highest BCUT2D eigenvalue weighted by atomic mass is 32.1. The van der Waals surface area contributed by atoms with Gasteiger partial charge in [-0.1, -0.05) is 11.8 Å². The Bertz CT molecular complexity index is 354. The van der Waals surface area contributed by atoms with Crippen LogP contribution in [-0.4, -0.2) is 17.5 Å². The first-order valence-corrected chi connectivity index (χ1v) is 4.81. The topological polar surface area (TPSA) is 37.3 Å². The van der Waals surface area contributed by atoms with Gasteiger partial charge in [-0.25, -0.2) is 0 Å². The van der Waals surface area contributed by atoms with Crippen molar-refractivity contribution in [3.05, 3.63) is 21.9 Å². The second-order valence-corrected chi connectivity index (χ2v) is 3.44. The van der Waals surface area contributed by atoms with Crippen LogP contribution in [0.2, 0.25) is 0 Å². The van der Waals surface area contributed by atoms with E-state index in [1.165, 1.54) is 18.3 Å². The minimum atomic E-state index is 0.0696. The van der Waals surface area contributed by atoms with Gasteiger partial charge in [0.2, 0.25) is 0 Å². The predicted molar refractivity (Wildman–Crippen MR) is 52.9 cm³/mol. The quantitative estimate of drug-likeness (QED) is 0.574. The number of Topliss-reactive ketones (excluding diaryl/α,β-unsaturated/α-hetero) is 1. The molecule has 0 bridgehead atoms. The first kappa shape index (κ1) is 9.97. The van der Waals surface area contributed by atoms with E-state index >= 15 is 0 Å². The molecular formula is C10H10O2S. The van der Waals surface area contributed by atoms with Gasteiger partial charge in [0.1, 0.15) is 0 Å². The summed E-state index contributed by atoms with van der Waals surface area (Å²) in [5.41, 5.74) is 0.851. The number of thiophene rings is 1. The molecule has 0 atom stereocenters. The van der Waals surface area contributed by atoms with Gasteiger partial charge in [-0.05, 0) is 13.0 Å². The molecule has 3 heteroatoms. The Morgan fingerprint density at radius 3 is 3.00 bits per heavy atom. The molecule has 68 valence electrons. The molecule has 0 saturated heterocycles. The number of hydrogen-bond acceptors (Lipinski definition) is 3. The lowest BCUT2D eigenvalue weighted by atomic mass is 10.2. The molecule has 0 spiro atoms. The standard InChI is InChI=1S/C10H10O2S/c1-8(12)10-6-9(7-13-10)4-2-3-5-11/h6-7,11H,3,5H2,1H3. The zero-order chi connectivity index (χ0) is 9.68. The Balaban J connectivity index is 2.71. The van der Waals surface area contributed by atoms with Crippen LogP contribution in [0.3, 0.4) is 0 Å². The van der Waals surface area contributed by atoms with E-state index in [0.29, 0.717) is 6.42 Å². The SMILES string of the molecule is CC(=O)c1cc(C#CCCO)cs1. The van der Waals surface area contributed by atoms with Crippen molar-refractivity contribution in [1.82, 2.24) is 0 Å². The highest BCUT2D eigenvalue weighted by Crippen LogP contribution is 2.13. The van der Waals surface area contributed by atoms with E-state index < -0.39 is 0 Å². The number of rotatable bonds is 2. The van der Waals surface area contributed by atoms with Crippen LogP contribution in [0.1, 0.15) is 28.6 Å². The Morgan fingerprint density at radius 2 is 2.46 bits per heavy atom. The maximum atomic E-state index is 10.9. The van der Waals surface area contributed by atoms with E-state index in [1.54, 1.807) is 6.07 Å². The molecule has 0 fully saturated rings. The molecule has 0 radical (unpaired) electrons. The van der Waals surface area contributed by atoms with E-state index in [4.69, 9.17) is 5.11 Å². The first-order chi connectivity index (χ1) is 6.24. The number of aliphatic hydroxyl groups is 1. The van der Waals surface area contributed by atoms with Crippen molar-refractivity contribution < 1.29 is 9.90 Å². The zero-order valence-electron chi connectivity index (χ0n) is 7.33.